The smallest absolute Gasteiger partial charge is 0.311 e. The summed E-state index contributed by atoms with van der Waals surface area (Å²) in [6.45, 7) is 6.89. The van der Waals surface area contributed by atoms with Crippen molar-refractivity contribution in [3.63, 3.8) is 0 Å². The Hall–Kier alpha value is -1.85. The molecule has 6 heteroatoms. The third-order valence-electron chi connectivity index (χ3n) is 4.91. The van der Waals surface area contributed by atoms with Gasteiger partial charge in [-0.2, -0.15) is 0 Å². The number of halogens is 4. The van der Waals surface area contributed by atoms with Crippen molar-refractivity contribution in [3.05, 3.63) is 46.5 Å². The largest absolute Gasteiger partial charge is 0.481 e. The van der Waals surface area contributed by atoms with Gasteiger partial charge >= 0.3 is 5.97 Å². The molecule has 0 bridgehead atoms. The highest BCUT2D eigenvalue weighted by Gasteiger charge is 2.74. The van der Waals surface area contributed by atoms with Crippen LogP contribution in [0.15, 0.2) is 17.7 Å². The number of rotatable bonds is 4. The summed E-state index contributed by atoms with van der Waals surface area (Å²) in [5.41, 5.74) is -2.30. The minimum atomic E-state index is -1.54. The second kappa shape index (κ2) is 5.35. The molecule has 0 amide bonds. The Morgan fingerprint density at radius 3 is 2.04 bits per heavy atom. The second-order valence-corrected chi connectivity index (χ2v) is 6.84. The molecule has 1 N–H and O–H groups in total. The predicted molar refractivity (Wildman–Crippen MR) is 76.7 cm³/mol. The Bertz CT molecular complexity index is 679. The zero-order valence-corrected chi connectivity index (χ0v) is 13.3. The van der Waals surface area contributed by atoms with Crippen LogP contribution in [0.4, 0.5) is 17.6 Å². The van der Waals surface area contributed by atoms with Gasteiger partial charge in [0.05, 0.1) is 5.41 Å². The van der Waals surface area contributed by atoms with E-state index in [9.17, 15) is 27.5 Å². The summed E-state index contributed by atoms with van der Waals surface area (Å²) in [7, 11) is 0. The molecule has 1 fully saturated rings. The van der Waals surface area contributed by atoms with E-state index in [0.717, 1.165) is 5.57 Å². The number of carboxylic acid groups (broad SMARTS) is 1. The van der Waals surface area contributed by atoms with Crippen LogP contribution in [0, 0.1) is 40.0 Å². The maximum atomic E-state index is 13.9. The van der Waals surface area contributed by atoms with Crippen LogP contribution >= 0.6 is 0 Å². The third-order valence-corrected chi connectivity index (χ3v) is 4.91. The van der Waals surface area contributed by atoms with Crippen molar-refractivity contribution in [2.75, 3.05) is 0 Å². The summed E-state index contributed by atoms with van der Waals surface area (Å²) >= 11 is 0. The van der Waals surface area contributed by atoms with Gasteiger partial charge in [-0.1, -0.05) is 25.5 Å². The molecule has 1 saturated carbocycles. The number of aliphatic carboxylic acids is 1. The summed E-state index contributed by atoms with van der Waals surface area (Å²) in [5.74, 6) is -7.87. The van der Waals surface area contributed by atoms with Gasteiger partial charge in [-0.05, 0) is 25.7 Å². The van der Waals surface area contributed by atoms with Crippen molar-refractivity contribution in [1.29, 1.82) is 0 Å². The number of carbonyl (C=O) groups is 1. The van der Waals surface area contributed by atoms with Gasteiger partial charge < -0.3 is 5.11 Å². The van der Waals surface area contributed by atoms with E-state index in [1.165, 1.54) is 0 Å². The average molecular weight is 330 g/mol. The fraction of sp³-hybridized carbons (Fsp3) is 0.471. The predicted octanol–water partition coefficient (Wildman–Crippen LogP) is 4.48. The molecule has 2 atom stereocenters. The van der Waals surface area contributed by atoms with E-state index in [0.29, 0.717) is 0 Å². The first-order valence-electron chi connectivity index (χ1n) is 7.17. The van der Waals surface area contributed by atoms with Crippen LogP contribution in [-0.2, 0) is 11.2 Å². The number of allylic oxidation sites excluding steroid dienone is 2. The van der Waals surface area contributed by atoms with Crippen LogP contribution in [0.5, 0.6) is 0 Å². The molecule has 1 unspecified atom stereocenters. The number of benzene rings is 1. The molecule has 0 radical (unpaired) electrons. The molecule has 1 aliphatic rings. The Labute approximate surface area is 131 Å². The highest BCUT2D eigenvalue weighted by atomic mass is 19.2. The molecule has 0 spiro atoms. The lowest BCUT2D eigenvalue weighted by molar-refractivity contribution is -0.145. The Kier molecular flexibility index (Phi) is 4.07. The first-order valence-corrected chi connectivity index (χ1v) is 7.17. The monoisotopic (exact) mass is 330 g/mol. The minimum absolute atomic E-state index is 0.118. The van der Waals surface area contributed by atoms with E-state index in [1.807, 2.05) is 0 Å². The summed E-state index contributed by atoms with van der Waals surface area (Å²) in [4.78, 5) is 11.8. The Balaban J connectivity index is 2.57. The number of hydrogen-bond donors (Lipinski definition) is 1. The van der Waals surface area contributed by atoms with Gasteiger partial charge in [0.15, 0.2) is 23.3 Å². The van der Waals surface area contributed by atoms with Crippen LogP contribution in [0.25, 0.3) is 0 Å². The standard InChI is InChI=1S/C17H18F4O2/c1-8(2)5-12-16(3,4)17(12,15(22)23)7-9-13(20)10(18)6-11(19)14(9)21/h5-6,12H,7H2,1-4H3,(H,22,23)/t12?,17-/m0/s1. The summed E-state index contributed by atoms with van der Waals surface area (Å²) in [6, 6.07) is 0.118. The molecule has 0 aliphatic heterocycles. The molecular formula is C17H18F4O2. The topological polar surface area (TPSA) is 37.3 Å². The van der Waals surface area contributed by atoms with Crippen molar-refractivity contribution < 1.29 is 27.5 Å². The minimum Gasteiger partial charge on any atom is -0.481 e. The molecule has 23 heavy (non-hydrogen) atoms. The van der Waals surface area contributed by atoms with Crippen LogP contribution in [0.1, 0.15) is 33.3 Å². The van der Waals surface area contributed by atoms with Crippen molar-refractivity contribution in [2.45, 2.75) is 34.1 Å². The molecule has 126 valence electrons. The first kappa shape index (κ1) is 17.5. The van der Waals surface area contributed by atoms with E-state index < -0.39 is 58.0 Å². The Morgan fingerprint density at radius 1 is 1.17 bits per heavy atom. The van der Waals surface area contributed by atoms with Gasteiger partial charge in [-0.25, -0.2) is 17.6 Å². The van der Waals surface area contributed by atoms with Gasteiger partial charge in [0.1, 0.15) is 0 Å². The van der Waals surface area contributed by atoms with E-state index in [4.69, 9.17) is 0 Å². The zero-order chi connectivity index (χ0) is 17.7. The quantitative estimate of drug-likeness (QED) is 0.502. The third kappa shape index (κ3) is 2.44. The fourth-order valence-corrected chi connectivity index (χ4v) is 3.46. The number of carboxylic acids is 1. The SMILES string of the molecule is CC(C)=CC1C(C)(C)[C@]1(Cc1c(F)c(F)cc(F)c1F)C(=O)O. The van der Waals surface area contributed by atoms with Crippen LogP contribution in [-0.4, -0.2) is 11.1 Å². The second-order valence-electron chi connectivity index (χ2n) is 6.84. The van der Waals surface area contributed by atoms with Gasteiger partial charge in [-0.3, -0.25) is 4.79 Å². The Morgan fingerprint density at radius 2 is 1.65 bits per heavy atom. The van der Waals surface area contributed by atoms with E-state index in [2.05, 4.69) is 0 Å². The maximum Gasteiger partial charge on any atom is 0.311 e. The maximum absolute atomic E-state index is 13.9. The van der Waals surface area contributed by atoms with E-state index in [-0.39, 0.29) is 6.07 Å². The van der Waals surface area contributed by atoms with Crippen LogP contribution < -0.4 is 0 Å². The zero-order valence-electron chi connectivity index (χ0n) is 13.3. The summed E-state index contributed by atoms with van der Waals surface area (Å²) < 4.78 is 54.6. The van der Waals surface area contributed by atoms with Crippen molar-refractivity contribution in [2.24, 2.45) is 16.7 Å². The summed E-state index contributed by atoms with van der Waals surface area (Å²) in [5, 5.41) is 9.64. The lowest BCUT2D eigenvalue weighted by atomic mass is 9.87. The average Bonchev–Trinajstić information content (AvgIpc) is 2.88. The molecule has 1 aromatic carbocycles. The van der Waals surface area contributed by atoms with Crippen LogP contribution in [0.2, 0.25) is 0 Å². The van der Waals surface area contributed by atoms with E-state index >= 15 is 0 Å². The highest BCUT2D eigenvalue weighted by molar-refractivity contribution is 5.82. The lowest BCUT2D eigenvalue weighted by Gasteiger charge is -2.17. The van der Waals surface area contributed by atoms with Gasteiger partial charge in [0.25, 0.3) is 0 Å². The van der Waals surface area contributed by atoms with Crippen LogP contribution in [0.3, 0.4) is 0 Å². The highest BCUT2D eigenvalue weighted by Crippen LogP contribution is 2.71. The van der Waals surface area contributed by atoms with Crippen molar-refractivity contribution in [1.82, 2.24) is 0 Å². The molecule has 1 aliphatic carbocycles. The molecular weight excluding hydrogens is 312 g/mol. The van der Waals surface area contributed by atoms with Gasteiger partial charge in [-0.15, -0.1) is 0 Å². The molecule has 0 saturated heterocycles. The van der Waals surface area contributed by atoms with E-state index in [1.54, 1.807) is 33.8 Å². The van der Waals surface area contributed by atoms with Crippen molar-refractivity contribution >= 4 is 5.97 Å². The van der Waals surface area contributed by atoms with Gasteiger partial charge in [0, 0.05) is 17.5 Å². The molecule has 0 aromatic heterocycles. The summed E-state index contributed by atoms with van der Waals surface area (Å²) in [6.07, 6.45) is 1.11. The molecule has 2 nitrogen and oxygen atoms in total. The molecule has 1 aromatic rings. The number of hydrogen-bond acceptors (Lipinski definition) is 1. The molecule has 2 rings (SSSR count). The van der Waals surface area contributed by atoms with Crippen molar-refractivity contribution in [3.8, 4) is 0 Å². The van der Waals surface area contributed by atoms with Gasteiger partial charge in [0.2, 0.25) is 0 Å². The lowest BCUT2D eigenvalue weighted by Crippen LogP contribution is -2.26. The first-order chi connectivity index (χ1) is 10.5. The normalized spacial score (nSPS) is 25.1. The molecule has 0 heterocycles. The fourth-order valence-electron chi connectivity index (χ4n) is 3.46.